The van der Waals surface area contributed by atoms with Crippen molar-refractivity contribution in [2.24, 2.45) is 0 Å². The number of aliphatic hydroxyl groups excluding tert-OH is 1. The minimum absolute atomic E-state index is 0.0458. The van der Waals surface area contributed by atoms with Gasteiger partial charge in [-0.25, -0.2) is 13.8 Å². The second-order valence-corrected chi connectivity index (χ2v) is 12.8. The van der Waals surface area contributed by atoms with Gasteiger partial charge in [0.25, 0.3) is 11.2 Å². The van der Waals surface area contributed by atoms with Crippen LogP contribution in [0.25, 0.3) is 11.1 Å². The van der Waals surface area contributed by atoms with E-state index in [9.17, 15) is 34.2 Å². The Balaban J connectivity index is 1.51. The maximum absolute atomic E-state index is 15.6. The molecule has 0 amide bonds. The molecule has 0 saturated carbocycles. The molecule has 1 unspecified atom stereocenters. The molecule has 1 aliphatic heterocycles. The van der Waals surface area contributed by atoms with E-state index in [1.54, 1.807) is 38.1 Å². The number of aromatic nitrogens is 2. The molecule has 17 heteroatoms. The number of carbonyl (C=O) groups is 1. The molecule has 2 heterocycles. The van der Waals surface area contributed by atoms with Gasteiger partial charge in [0.1, 0.15) is 30.1 Å². The van der Waals surface area contributed by atoms with Crippen molar-refractivity contribution in [1.29, 1.82) is 0 Å². The first-order valence-corrected chi connectivity index (χ1v) is 15.7. The largest absolute Gasteiger partial charge is 0.462 e. The summed E-state index contributed by atoms with van der Waals surface area (Å²) >= 11 is 0. The Morgan fingerprint density at radius 3 is 2.33 bits per heavy atom. The van der Waals surface area contributed by atoms with Gasteiger partial charge in [0.15, 0.2) is 5.67 Å². The summed E-state index contributed by atoms with van der Waals surface area (Å²) in [7, 11) is -4.45. The summed E-state index contributed by atoms with van der Waals surface area (Å²) in [5.74, 6) is -0.708. The molecule has 15 nitrogen and oxygen atoms in total. The van der Waals surface area contributed by atoms with Gasteiger partial charge in [-0.1, -0.05) is 12.1 Å². The molecule has 3 N–H and O–H groups in total. The van der Waals surface area contributed by atoms with E-state index in [-0.39, 0.29) is 18.0 Å². The van der Waals surface area contributed by atoms with Crippen molar-refractivity contribution < 1.29 is 42.3 Å². The molecule has 6 atom stereocenters. The van der Waals surface area contributed by atoms with Gasteiger partial charge in [0.2, 0.25) is 0 Å². The number of hydrogen-bond acceptors (Lipinski definition) is 11. The number of nitrogens with zero attached hydrogens (tertiary/aromatic N) is 2. The van der Waals surface area contributed by atoms with E-state index in [0.717, 1.165) is 23.8 Å². The third kappa shape index (κ3) is 8.33. The molecule has 0 spiro atoms. The van der Waals surface area contributed by atoms with Crippen LogP contribution in [0.4, 0.5) is 10.1 Å². The van der Waals surface area contributed by atoms with Crippen LogP contribution in [-0.2, 0) is 29.9 Å². The lowest BCUT2D eigenvalue weighted by Crippen LogP contribution is -2.45. The van der Waals surface area contributed by atoms with Gasteiger partial charge in [0.05, 0.1) is 24.2 Å². The van der Waals surface area contributed by atoms with Crippen molar-refractivity contribution in [3.8, 4) is 16.9 Å². The average molecular weight is 665 g/mol. The van der Waals surface area contributed by atoms with E-state index >= 15 is 4.39 Å². The number of rotatable bonds is 13. The van der Waals surface area contributed by atoms with Crippen molar-refractivity contribution in [2.75, 3.05) is 6.61 Å². The summed E-state index contributed by atoms with van der Waals surface area (Å²) in [6, 6.07) is 11.9. The molecule has 0 bridgehead atoms. The maximum atomic E-state index is 15.6. The number of aromatic amines is 1. The Labute approximate surface area is 262 Å². The molecular formula is C29H34FN4O11P. The van der Waals surface area contributed by atoms with E-state index in [2.05, 4.69) is 10.1 Å². The molecule has 248 valence electrons. The topological polar surface area (TPSA) is 201 Å². The fourth-order valence-electron chi connectivity index (χ4n) is 4.60. The van der Waals surface area contributed by atoms with Crippen LogP contribution in [0.2, 0.25) is 0 Å². The van der Waals surface area contributed by atoms with Crippen LogP contribution in [0.1, 0.15) is 27.7 Å². The van der Waals surface area contributed by atoms with Crippen LogP contribution in [0.15, 0.2) is 70.4 Å². The Kier molecular flexibility index (Phi) is 10.6. The monoisotopic (exact) mass is 664 g/mol. The summed E-state index contributed by atoms with van der Waals surface area (Å²) in [6.45, 7) is 4.70. The number of carbonyl (C=O) groups excluding carboxylic acids is 1. The summed E-state index contributed by atoms with van der Waals surface area (Å²) in [5, 5.41) is 24.2. The fraction of sp³-hybridized carbons (Fsp3) is 0.414. The Morgan fingerprint density at radius 1 is 1.15 bits per heavy atom. The van der Waals surface area contributed by atoms with Crippen LogP contribution in [-0.4, -0.2) is 68.3 Å². The summed E-state index contributed by atoms with van der Waals surface area (Å²) in [5.41, 5.74) is -2.57. The number of H-pyrrole nitrogens is 1. The first-order chi connectivity index (χ1) is 21.6. The van der Waals surface area contributed by atoms with E-state index in [1.165, 1.54) is 31.2 Å². The fourth-order valence-corrected chi connectivity index (χ4v) is 6.10. The number of non-ortho nitro benzene ring substituents is 1. The standard InChI is InChI=1S/C29H34FN4O11P/c1-17(2)43-27(37)18(3)32-46(41,45-22-11-7-20(8-12-22)19-5-9-21(10-6-19)34(39)40)42-16-23-26(36)29(4,30)24(44-23)15-33-14-13-25(35)31-28(33)38/h5-14,17-18,23-24,26,36H,15-16H2,1-4H3,(H,32,41)(H,31,35,38)/t18-,23+,24-,26+,29-,46?/m0/s1. The van der Waals surface area contributed by atoms with Gasteiger partial charge in [-0.2, -0.15) is 5.09 Å². The van der Waals surface area contributed by atoms with Crippen LogP contribution >= 0.6 is 7.75 Å². The van der Waals surface area contributed by atoms with Gasteiger partial charge in [0, 0.05) is 24.4 Å². The summed E-state index contributed by atoms with van der Waals surface area (Å²) in [4.78, 5) is 48.5. The molecule has 1 saturated heterocycles. The van der Waals surface area contributed by atoms with E-state index < -0.39 is 72.6 Å². The van der Waals surface area contributed by atoms with Crippen molar-refractivity contribution in [3.63, 3.8) is 0 Å². The number of ether oxygens (including phenoxy) is 2. The number of halogens is 1. The van der Waals surface area contributed by atoms with Crippen LogP contribution in [0.3, 0.4) is 0 Å². The zero-order valence-corrected chi connectivity index (χ0v) is 26.2. The molecule has 46 heavy (non-hydrogen) atoms. The number of nitro benzene ring substituents is 1. The number of nitrogens with one attached hydrogen (secondary N) is 2. The minimum atomic E-state index is -4.45. The van der Waals surface area contributed by atoms with Gasteiger partial charge < -0.3 is 19.1 Å². The summed E-state index contributed by atoms with van der Waals surface area (Å²) < 4.78 is 52.7. The number of aliphatic hydroxyl groups is 1. The second-order valence-electron chi connectivity index (χ2n) is 11.1. The normalized spacial score (nSPS) is 23.1. The van der Waals surface area contributed by atoms with Crippen molar-refractivity contribution in [2.45, 2.75) is 70.4 Å². The van der Waals surface area contributed by atoms with Gasteiger partial charge in [-0.05, 0) is 63.1 Å². The molecular weight excluding hydrogens is 630 g/mol. The molecule has 4 rings (SSSR count). The van der Waals surface area contributed by atoms with Crippen molar-refractivity contribution >= 4 is 19.4 Å². The number of hydrogen-bond donors (Lipinski definition) is 3. The van der Waals surface area contributed by atoms with E-state index in [4.69, 9.17) is 18.5 Å². The second kappa shape index (κ2) is 14.1. The van der Waals surface area contributed by atoms with E-state index in [1.807, 2.05) is 0 Å². The average Bonchev–Trinajstić information content (AvgIpc) is 3.20. The zero-order valence-electron chi connectivity index (χ0n) is 25.3. The first kappa shape index (κ1) is 34.7. The maximum Gasteiger partial charge on any atom is 0.459 e. The van der Waals surface area contributed by atoms with Crippen LogP contribution < -0.4 is 20.9 Å². The summed E-state index contributed by atoms with van der Waals surface area (Å²) in [6.07, 6.45) is -3.83. The minimum Gasteiger partial charge on any atom is -0.462 e. The number of nitro groups is 1. The van der Waals surface area contributed by atoms with Crippen LogP contribution in [0.5, 0.6) is 5.75 Å². The zero-order chi connectivity index (χ0) is 33.8. The Hall–Kier alpha value is -4.21. The third-order valence-electron chi connectivity index (χ3n) is 7.12. The highest BCUT2D eigenvalue weighted by Gasteiger charge is 2.54. The molecule has 1 aromatic heterocycles. The Bertz CT molecular complexity index is 1710. The predicted molar refractivity (Wildman–Crippen MR) is 162 cm³/mol. The lowest BCUT2D eigenvalue weighted by molar-refractivity contribution is -0.384. The molecule has 1 aliphatic rings. The lowest BCUT2D eigenvalue weighted by Gasteiger charge is -2.25. The number of benzene rings is 2. The predicted octanol–water partition coefficient (Wildman–Crippen LogP) is 3.10. The molecule has 2 aromatic carbocycles. The molecule has 3 aromatic rings. The van der Waals surface area contributed by atoms with E-state index in [0.29, 0.717) is 11.1 Å². The molecule has 0 radical (unpaired) electrons. The van der Waals surface area contributed by atoms with Gasteiger partial charge >= 0.3 is 19.4 Å². The van der Waals surface area contributed by atoms with Crippen molar-refractivity contribution in [3.05, 3.63) is 91.7 Å². The quantitative estimate of drug-likeness (QED) is 0.105. The highest BCUT2D eigenvalue weighted by Crippen LogP contribution is 2.47. The first-order valence-electron chi connectivity index (χ1n) is 14.2. The smallest absolute Gasteiger partial charge is 0.459 e. The van der Waals surface area contributed by atoms with Gasteiger partial charge in [-0.3, -0.25) is 33.8 Å². The van der Waals surface area contributed by atoms with Gasteiger partial charge in [-0.15, -0.1) is 0 Å². The number of alkyl halides is 1. The third-order valence-corrected chi connectivity index (χ3v) is 8.76. The Morgan fingerprint density at radius 2 is 1.76 bits per heavy atom. The van der Waals surface area contributed by atoms with Crippen LogP contribution in [0, 0.1) is 10.1 Å². The molecule has 0 aliphatic carbocycles. The highest BCUT2D eigenvalue weighted by molar-refractivity contribution is 7.52. The highest BCUT2D eigenvalue weighted by atomic mass is 31.2. The van der Waals surface area contributed by atoms with Crippen molar-refractivity contribution in [1.82, 2.24) is 14.6 Å². The SMILES string of the molecule is CC(C)OC(=O)[C@H](C)NP(=O)(OC[C@H]1O[C@@H](Cn2ccc(=O)[nH]c2=O)[C@](C)(F)[C@@H]1O)Oc1ccc(-c2ccc([N+](=O)[O-])cc2)cc1. The molecule has 1 fully saturated rings. The lowest BCUT2D eigenvalue weighted by atomic mass is 9.95. The number of esters is 1.